The number of rotatable bonds is 2. The van der Waals surface area contributed by atoms with E-state index in [4.69, 9.17) is 62.7 Å². The molecule has 0 aliphatic heterocycles. The monoisotopic (exact) mass is 320 g/mol. The van der Waals surface area contributed by atoms with Gasteiger partial charge in [-0.1, -0.05) is 58.0 Å². The van der Waals surface area contributed by atoms with Gasteiger partial charge >= 0.3 is 5.97 Å². The highest BCUT2D eigenvalue weighted by Crippen LogP contribution is 2.42. The van der Waals surface area contributed by atoms with Gasteiger partial charge in [0.2, 0.25) is 5.56 Å². The summed E-state index contributed by atoms with van der Waals surface area (Å²) < 4.78 is 4.75. The van der Waals surface area contributed by atoms with Crippen LogP contribution in [0.2, 0.25) is 20.1 Å². The van der Waals surface area contributed by atoms with Crippen LogP contribution in [0.3, 0.4) is 0 Å². The topological polar surface area (TPSA) is 26.3 Å². The van der Waals surface area contributed by atoms with Crippen LogP contribution in [0, 0.1) is 0 Å². The molecule has 1 aromatic carbocycles. The Morgan fingerprint density at radius 1 is 1.19 bits per heavy atom. The van der Waals surface area contributed by atoms with Crippen molar-refractivity contribution < 1.29 is 9.53 Å². The standard InChI is InChI=1S/C9H5Cl5O2/c1-3(15)16-9(14)4-2-5(10)7(12)8(13)6(4)11/h2,9H,1H3. The van der Waals surface area contributed by atoms with Gasteiger partial charge in [-0.3, -0.25) is 4.79 Å². The summed E-state index contributed by atoms with van der Waals surface area (Å²) in [5.74, 6) is -0.543. The average molecular weight is 322 g/mol. The molecule has 0 bridgehead atoms. The quantitative estimate of drug-likeness (QED) is 0.328. The molecule has 0 fully saturated rings. The summed E-state index contributed by atoms with van der Waals surface area (Å²) in [5, 5.41) is 0.494. The molecule has 0 heterocycles. The third-order valence-corrected chi connectivity index (χ3v) is 3.73. The second kappa shape index (κ2) is 5.65. The van der Waals surface area contributed by atoms with Crippen LogP contribution in [0.1, 0.15) is 18.1 Å². The molecule has 88 valence electrons. The average Bonchev–Trinajstić information content (AvgIpc) is 2.19. The first kappa shape index (κ1) is 14.2. The van der Waals surface area contributed by atoms with E-state index in [1.807, 2.05) is 0 Å². The van der Waals surface area contributed by atoms with E-state index in [1.165, 1.54) is 13.0 Å². The molecule has 1 rings (SSSR count). The van der Waals surface area contributed by atoms with E-state index in [0.29, 0.717) is 0 Å². The number of hydrogen-bond donors (Lipinski definition) is 0. The molecule has 0 radical (unpaired) electrons. The molecular weight excluding hydrogens is 317 g/mol. The number of hydrogen-bond acceptors (Lipinski definition) is 2. The molecule has 0 saturated heterocycles. The summed E-state index contributed by atoms with van der Waals surface area (Å²) in [7, 11) is 0. The Balaban J connectivity index is 3.19. The molecule has 16 heavy (non-hydrogen) atoms. The van der Waals surface area contributed by atoms with E-state index in [1.54, 1.807) is 0 Å². The number of carbonyl (C=O) groups excluding carboxylic acids is 1. The molecule has 7 heteroatoms. The van der Waals surface area contributed by atoms with E-state index >= 15 is 0 Å². The molecule has 0 spiro atoms. The van der Waals surface area contributed by atoms with Crippen LogP contribution in [0.4, 0.5) is 0 Å². The first-order chi connectivity index (χ1) is 7.34. The minimum atomic E-state index is -1.06. The number of alkyl halides is 1. The molecule has 0 aromatic heterocycles. The van der Waals surface area contributed by atoms with Gasteiger partial charge in [-0.2, -0.15) is 0 Å². The van der Waals surface area contributed by atoms with Gasteiger partial charge in [-0.25, -0.2) is 0 Å². The van der Waals surface area contributed by atoms with Gasteiger partial charge in [0.1, 0.15) is 0 Å². The summed E-state index contributed by atoms with van der Waals surface area (Å²) in [5.41, 5.74) is -0.768. The zero-order chi connectivity index (χ0) is 12.5. The fourth-order valence-electron chi connectivity index (χ4n) is 0.966. The van der Waals surface area contributed by atoms with Crippen molar-refractivity contribution >= 4 is 64.0 Å². The van der Waals surface area contributed by atoms with Crippen LogP contribution in [-0.2, 0) is 9.53 Å². The summed E-state index contributed by atoms with van der Waals surface area (Å²) in [6.07, 6.45) is 0. The van der Waals surface area contributed by atoms with Crippen LogP contribution in [0.5, 0.6) is 0 Å². The molecule has 0 saturated carbocycles. The molecule has 2 nitrogen and oxygen atoms in total. The number of halogens is 5. The number of ether oxygens (including phenoxy) is 1. The van der Waals surface area contributed by atoms with Crippen LogP contribution >= 0.6 is 58.0 Å². The lowest BCUT2D eigenvalue weighted by atomic mass is 10.2. The summed E-state index contributed by atoms with van der Waals surface area (Å²) >= 11 is 29.1. The van der Waals surface area contributed by atoms with E-state index in [0.717, 1.165) is 0 Å². The van der Waals surface area contributed by atoms with Crippen LogP contribution in [0.15, 0.2) is 6.07 Å². The van der Waals surface area contributed by atoms with E-state index < -0.39 is 11.5 Å². The van der Waals surface area contributed by atoms with Crippen molar-refractivity contribution in [3.05, 3.63) is 31.7 Å². The summed E-state index contributed by atoms with van der Waals surface area (Å²) in [6, 6.07) is 1.40. The highest BCUT2D eigenvalue weighted by molar-refractivity contribution is 6.52. The molecule has 0 aliphatic rings. The van der Waals surface area contributed by atoms with Crippen LogP contribution < -0.4 is 0 Å². The smallest absolute Gasteiger partial charge is 0.304 e. The normalized spacial score (nSPS) is 12.4. The fourth-order valence-corrected chi connectivity index (χ4v) is 2.24. The lowest BCUT2D eigenvalue weighted by Gasteiger charge is -2.14. The Morgan fingerprint density at radius 2 is 1.75 bits per heavy atom. The van der Waals surface area contributed by atoms with Crippen molar-refractivity contribution in [1.29, 1.82) is 0 Å². The third-order valence-electron chi connectivity index (χ3n) is 1.64. The molecular formula is C9H5Cl5O2. The molecule has 0 amide bonds. The van der Waals surface area contributed by atoms with Crippen LogP contribution in [0.25, 0.3) is 0 Å². The third kappa shape index (κ3) is 3.08. The maximum Gasteiger partial charge on any atom is 0.304 e. The summed E-state index contributed by atoms with van der Waals surface area (Å²) in [4.78, 5) is 10.7. The first-order valence-corrected chi connectivity index (χ1v) is 5.93. The maximum absolute atomic E-state index is 10.7. The van der Waals surface area contributed by atoms with E-state index in [9.17, 15) is 4.79 Å². The minimum absolute atomic E-state index is 0.0728. The molecule has 1 unspecified atom stereocenters. The number of benzene rings is 1. The predicted molar refractivity (Wildman–Crippen MR) is 66.8 cm³/mol. The van der Waals surface area contributed by atoms with Gasteiger partial charge in [0.05, 0.1) is 20.1 Å². The lowest BCUT2D eigenvalue weighted by Crippen LogP contribution is -2.03. The van der Waals surface area contributed by atoms with Crippen molar-refractivity contribution in [3.8, 4) is 0 Å². The van der Waals surface area contributed by atoms with Crippen molar-refractivity contribution in [1.82, 2.24) is 0 Å². The van der Waals surface area contributed by atoms with Crippen molar-refractivity contribution in [2.24, 2.45) is 0 Å². The lowest BCUT2D eigenvalue weighted by molar-refractivity contribution is -0.142. The Morgan fingerprint density at radius 3 is 2.25 bits per heavy atom. The van der Waals surface area contributed by atoms with Gasteiger partial charge in [-0.05, 0) is 6.07 Å². The largest absolute Gasteiger partial charge is 0.442 e. The van der Waals surface area contributed by atoms with E-state index in [-0.39, 0.29) is 25.7 Å². The SMILES string of the molecule is CC(=O)OC(Cl)c1cc(Cl)c(Cl)c(Cl)c1Cl. The fraction of sp³-hybridized carbons (Fsp3) is 0.222. The maximum atomic E-state index is 10.7. The predicted octanol–water partition coefficient (Wildman–Crippen LogP) is 5.10. The van der Waals surface area contributed by atoms with Gasteiger partial charge in [0.25, 0.3) is 0 Å². The zero-order valence-electron chi connectivity index (χ0n) is 7.86. The van der Waals surface area contributed by atoms with Crippen molar-refractivity contribution in [2.45, 2.75) is 12.5 Å². The van der Waals surface area contributed by atoms with Crippen molar-refractivity contribution in [2.75, 3.05) is 0 Å². The van der Waals surface area contributed by atoms with Crippen molar-refractivity contribution in [3.63, 3.8) is 0 Å². The number of carbonyl (C=O) groups is 1. The van der Waals surface area contributed by atoms with E-state index in [2.05, 4.69) is 0 Å². The van der Waals surface area contributed by atoms with Gasteiger partial charge < -0.3 is 4.74 Å². The Kier molecular flexibility index (Phi) is 5.02. The zero-order valence-corrected chi connectivity index (χ0v) is 11.6. The Bertz CT molecular complexity index is 432. The molecule has 1 aromatic rings. The molecule has 0 aliphatic carbocycles. The minimum Gasteiger partial charge on any atom is -0.442 e. The molecule has 1 atom stereocenters. The Hall–Kier alpha value is 0.140. The second-order valence-electron chi connectivity index (χ2n) is 2.82. The highest BCUT2D eigenvalue weighted by Gasteiger charge is 2.20. The first-order valence-electron chi connectivity index (χ1n) is 3.98. The molecule has 0 N–H and O–H groups in total. The highest BCUT2D eigenvalue weighted by atomic mass is 35.5. The summed E-state index contributed by atoms with van der Waals surface area (Å²) in [6.45, 7) is 1.22. The van der Waals surface area contributed by atoms with Gasteiger partial charge in [0, 0.05) is 12.5 Å². The van der Waals surface area contributed by atoms with Gasteiger partial charge in [-0.15, -0.1) is 0 Å². The second-order valence-corrected chi connectivity index (χ2v) is 4.75. The van der Waals surface area contributed by atoms with Crippen LogP contribution in [-0.4, -0.2) is 5.97 Å². The Labute approximate surface area is 117 Å². The number of esters is 1. The van der Waals surface area contributed by atoms with Gasteiger partial charge in [0.15, 0.2) is 0 Å².